The first-order valence-corrected chi connectivity index (χ1v) is 8.63. The van der Waals surface area contributed by atoms with Crippen LogP contribution in [0.15, 0.2) is 0 Å². The van der Waals surface area contributed by atoms with Crippen LogP contribution in [0.4, 0.5) is 0 Å². The molecule has 0 unspecified atom stereocenters. The highest BCUT2D eigenvalue weighted by Gasteiger charge is 2.12. The maximum atomic E-state index is 8.55. The summed E-state index contributed by atoms with van der Waals surface area (Å²) in [5.74, 6) is 0. The van der Waals surface area contributed by atoms with Crippen LogP contribution in [0.2, 0.25) is 0 Å². The highest BCUT2D eigenvalue weighted by atomic mass is 31.2. The van der Waals surface area contributed by atoms with E-state index < -0.39 is 7.82 Å². The van der Waals surface area contributed by atoms with E-state index in [4.69, 9.17) is 19.2 Å². The highest BCUT2D eigenvalue weighted by Crippen LogP contribution is 2.08. The van der Waals surface area contributed by atoms with E-state index >= 15 is 0 Å². The lowest BCUT2D eigenvalue weighted by Gasteiger charge is -2.36. The summed E-state index contributed by atoms with van der Waals surface area (Å²) >= 11 is 0. The van der Waals surface area contributed by atoms with Gasteiger partial charge in [0, 0.05) is 0 Å². The van der Waals surface area contributed by atoms with Crippen molar-refractivity contribution in [2.24, 2.45) is 0 Å². The Morgan fingerprint density at radius 3 is 1.63 bits per heavy atom. The highest BCUT2D eigenvalue weighted by molar-refractivity contribution is 7.40. The molecule has 6 heteroatoms. The molecule has 0 heterocycles. The van der Waals surface area contributed by atoms with Gasteiger partial charge in [-0.2, -0.15) is 7.82 Å². The fraction of sp³-hybridized carbons (Fsp3) is 1.00. The second-order valence-electron chi connectivity index (χ2n) is 5.60. The predicted octanol–water partition coefficient (Wildman–Crippen LogP) is 1.23. The Balaban J connectivity index is -0.000000179. The van der Waals surface area contributed by atoms with Crippen molar-refractivity contribution >= 4 is 7.82 Å². The van der Waals surface area contributed by atoms with Crippen molar-refractivity contribution in [1.82, 2.24) is 0 Å². The number of nitrogens with zero attached hydrogens (tertiary/aromatic N) is 1. The van der Waals surface area contributed by atoms with Crippen LogP contribution < -0.4 is 14.7 Å². The SMILES string of the molecule is CCCCCCC[N+](C)(C)CCCC.O=P([O-])([O-])[O-].[H+].[H+]. The summed E-state index contributed by atoms with van der Waals surface area (Å²) in [6.45, 7) is 7.27. The summed E-state index contributed by atoms with van der Waals surface area (Å²) in [6, 6.07) is 0. The van der Waals surface area contributed by atoms with Crippen molar-refractivity contribution < 1.29 is 26.6 Å². The zero-order valence-electron chi connectivity index (χ0n) is 14.9. The van der Waals surface area contributed by atoms with Gasteiger partial charge in [0.1, 0.15) is 0 Å². The smallest absolute Gasteiger partial charge is 0.822 e. The molecule has 0 N–H and O–H groups in total. The van der Waals surface area contributed by atoms with Crippen LogP contribution in [0.3, 0.4) is 0 Å². The van der Waals surface area contributed by atoms with E-state index in [1.807, 2.05) is 0 Å². The minimum absolute atomic E-state index is 0. The Morgan fingerprint density at radius 1 is 0.842 bits per heavy atom. The van der Waals surface area contributed by atoms with Crippen LogP contribution in [0.25, 0.3) is 0 Å². The number of rotatable bonds is 9. The van der Waals surface area contributed by atoms with E-state index in [0.29, 0.717) is 0 Å². The standard InChI is InChI=1S/C13H30N.H3O4P/c1-5-7-9-10-11-13-14(3,4)12-8-6-2;1-5(2,3)4/h5-13H2,1-4H3;(H3,1,2,3,4)/q+1;/p-1. The minimum atomic E-state index is -5.39. The first kappa shape index (κ1) is 21.4. The lowest BCUT2D eigenvalue weighted by molar-refractivity contribution is -0.890. The number of quaternary nitrogens is 1. The Morgan fingerprint density at radius 2 is 1.21 bits per heavy atom. The molecule has 19 heavy (non-hydrogen) atoms. The molecule has 0 aliphatic carbocycles. The van der Waals surface area contributed by atoms with Crippen LogP contribution in [0, 0.1) is 0 Å². The molecule has 118 valence electrons. The fourth-order valence-electron chi connectivity index (χ4n) is 1.84. The lowest BCUT2D eigenvalue weighted by Crippen LogP contribution is -2.41. The molecule has 0 atom stereocenters. The molecular formula is C13H32NO4P. The zero-order valence-corrected chi connectivity index (χ0v) is 13.8. The summed E-state index contributed by atoms with van der Waals surface area (Å²) in [5.41, 5.74) is 0. The topological polar surface area (TPSA) is 86.2 Å². The summed E-state index contributed by atoms with van der Waals surface area (Å²) in [4.78, 5) is 25.6. The average Bonchev–Trinajstić information content (AvgIpc) is 2.24. The molecule has 0 bridgehead atoms. The molecule has 0 saturated heterocycles. The van der Waals surface area contributed by atoms with Crippen LogP contribution in [-0.2, 0) is 4.57 Å². The van der Waals surface area contributed by atoms with E-state index in [2.05, 4.69) is 27.9 Å². The van der Waals surface area contributed by atoms with Gasteiger partial charge in [0.05, 0.1) is 27.2 Å². The maximum Gasteiger partial charge on any atom is 1.00 e. The third-order valence-electron chi connectivity index (χ3n) is 2.98. The average molecular weight is 297 g/mol. The molecule has 0 rings (SSSR count). The molecular weight excluding hydrogens is 265 g/mol. The fourth-order valence-corrected chi connectivity index (χ4v) is 1.84. The third-order valence-corrected chi connectivity index (χ3v) is 2.98. The Bertz CT molecular complexity index is 242. The second-order valence-corrected chi connectivity index (χ2v) is 6.49. The van der Waals surface area contributed by atoms with E-state index in [-0.39, 0.29) is 2.85 Å². The van der Waals surface area contributed by atoms with Gasteiger partial charge in [-0.1, -0.05) is 39.5 Å². The molecule has 0 aromatic carbocycles. The summed E-state index contributed by atoms with van der Waals surface area (Å²) < 4.78 is 9.77. The molecule has 0 aromatic heterocycles. The lowest BCUT2D eigenvalue weighted by atomic mass is 10.1. The molecule has 0 aromatic rings. The first-order valence-electron chi connectivity index (χ1n) is 7.17. The van der Waals surface area contributed by atoms with Crippen molar-refractivity contribution in [3.8, 4) is 0 Å². The van der Waals surface area contributed by atoms with Crippen molar-refractivity contribution in [3.05, 3.63) is 0 Å². The van der Waals surface area contributed by atoms with Gasteiger partial charge < -0.3 is 23.7 Å². The summed E-state index contributed by atoms with van der Waals surface area (Å²) in [5, 5.41) is 0. The third kappa shape index (κ3) is 27.3. The Hall–Kier alpha value is 0.0700. The van der Waals surface area contributed by atoms with Crippen LogP contribution in [-0.4, -0.2) is 31.7 Å². The molecule has 5 nitrogen and oxygen atoms in total. The van der Waals surface area contributed by atoms with Crippen molar-refractivity contribution in [3.63, 3.8) is 0 Å². The first-order chi connectivity index (χ1) is 8.62. The van der Waals surface area contributed by atoms with Crippen LogP contribution in [0.5, 0.6) is 0 Å². The zero-order chi connectivity index (χ0) is 15.4. The summed E-state index contributed by atoms with van der Waals surface area (Å²) in [7, 11) is -0.648. The van der Waals surface area contributed by atoms with E-state index in [9.17, 15) is 0 Å². The van der Waals surface area contributed by atoms with E-state index in [0.717, 1.165) is 0 Å². The maximum absolute atomic E-state index is 8.55. The molecule has 0 aliphatic rings. The Kier molecular flexibility index (Phi) is 13.3. The molecule has 0 radical (unpaired) electrons. The van der Waals surface area contributed by atoms with Gasteiger partial charge in [-0.05, 0) is 19.3 Å². The molecule has 0 spiro atoms. The monoisotopic (exact) mass is 297 g/mol. The predicted molar refractivity (Wildman–Crippen MR) is 75.3 cm³/mol. The van der Waals surface area contributed by atoms with Gasteiger partial charge in [-0.25, -0.2) is 0 Å². The van der Waals surface area contributed by atoms with E-state index in [1.165, 1.54) is 62.5 Å². The van der Waals surface area contributed by atoms with Crippen molar-refractivity contribution in [2.75, 3.05) is 27.2 Å². The van der Waals surface area contributed by atoms with Crippen molar-refractivity contribution in [1.29, 1.82) is 0 Å². The van der Waals surface area contributed by atoms with E-state index in [1.54, 1.807) is 0 Å². The summed E-state index contributed by atoms with van der Waals surface area (Å²) in [6.07, 6.45) is 9.76. The number of hydrogen-bond donors (Lipinski definition) is 0. The number of hydrogen-bond acceptors (Lipinski definition) is 4. The molecule has 0 amide bonds. The second kappa shape index (κ2) is 11.9. The van der Waals surface area contributed by atoms with Crippen molar-refractivity contribution in [2.45, 2.75) is 58.8 Å². The number of unbranched alkanes of at least 4 members (excludes halogenated alkanes) is 5. The normalized spacial score (nSPS) is 11.9. The van der Waals surface area contributed by atoms with Crippen LogP contribution in [0.1, 0.15) is 61.6 Å². The van der Waals surface area contributed by atoms with Gasteiger partial charge in [-0.3, -0.25) is 0 Å². The van der Waals surface area contributed by atoms with Gasteiger partial charge in [0.25, 0.3) is 0 Å². The van der Waals surface area contributed by atoms with Gasteiger partial charge >= 0.3 is 2.85 Å². The molecule has 0 fully saturated rings. The quantitative estimate of drug-likeness (QED) is 0.364. The molecule has 0 aliphatic heterocycles. The number of phosphoric acid groups is 1. The van der Waals surface area contributed by atoms with Crippen LogP contribution >= 0.6 is 7.82 Å². The van der Waals surface area contributed by atoms with Gasteiger partial charge in [0.2, 0.25) is 0 Å². The minimum Gasteiger partial charge on any atom is -0.822 e. The Labute approximate surface area is 121 Å². The largest absolute Gasteiger partial charge is 1.00 e. The van der Waals surface area contributed by atoms with Gasteiger partial charge in [0.15, 0.2) is 0 Å². The van der Waals surface area contributed by atoms with Gasteiger partial charge in [-0.15, -0.1) is 0 Å². The molecule has 0 saturated carbocycles.